The number of nitrogens with one attached hydrogen (secondary N) is 4. The molecule has 1 fully saturated rings. The van der Waals surface area contributed by atoms with Crippen molar-refractivity contribution in [3.05, 3.63) is 209 Å². The Morgan fingerprint density at radius 2 is 0.902 bits per heavy atom. The zero-order valence-corrected chi connectivity index (χ0v) is 74.8. The number of carbonyl (C=O) groups is 4. The van der Waals surface area contributed by atoms with Gasteiger partial charge in [-0.15, -0.1) is 58.4 Å². The maximum absolute atomic E-state index is 14.1. The highest BCUT2D eigenvalue weighted by molar-refractivity contribution is 9.10. The second-order valence-corrected chi connectivity index (χ2v) is 40.2. The summed E-state index contributed by atoms with van der Waals surface area (Å²) in [5, 5.41) is 80.4. The van der Waals surface area contributed by atoms with Crippen LogP contribution in [0, 0.1) is 5.82 Å². The van der Waals surface area contributed by atoms with Gasteiger partial charge in [0.25, 0.3) is 30.1 Å². The lowest BCUT2D eigenvalue weighted by molar-refractivity contribution is -0.134. The number of hydrogen-bond donors (Lipinski definition) is 12. The van der Waals surface area contributed by atoms with E-state index in [1.54, 1.807) is 115 Å². The second-order valence-electron chi connectivity index (χ2n) is 26.3. The maximum Gasteiger partial charge on any atom is 0.313 e. The van der Waals surface area contributed by atoms with Gasteiger partial charge in [-0.05, 0) is 172 Å². The number of pyridine rings is 3. The fraction of sp³-hybridized carbons (Fsp3) is 0.163. The van der Waals surface area contributed by atoms with E-state index in [-0.39, 0.29) is 144 Å². The van der Waals surface area contributed by atoms with Crippen molar-refractivity contribution < 1.29 is 108 Å². The van der Waals surface area contributed by atoms with E-state index in [9.17, 15) is 77.7 Å². The van der Waals surface area contributed by atoms with Crippen molar-refractivity contribution in [2.75, 3.05) is 79.6 Å². The molecule has 1 aliphatic heterocycles. The highest BCUT2D eigenvalue weighted by Crippen LogP contribution is 2.45. The summed E-state index contributed by atoms with van der Waals surface area (Å²) in [7, 11) is -15.7. The van der Waals surface area contributed by atoms with Crippen LogP contribution in [0.1, 0.15) is 20.8 Å². The Bertz CT molecular complexity index is 6490. The molecule has 4 aromatic heterocycles. The number of thiophene rings is 1. The predicted molar refractivity (Wildman–Crippen MR) is 481 cm³/mol. The number of hydrogen-bond acceptors (Lipinski definition) is 27. The number of carboxylic acid groups (broad SMARTS) is 4. The first-order valence-electron chi connectivity index (χ1n) is 36.1. The lowest BCUT2D eigenvalue weighted by atomic mass is 10.1. The molecule has 43 heteroatoms. The van der Waals surface area contributed by atoms with E-state index in [2.05, 4.69) is 65.7 Å². The Hall–Kier alpha value is -10.8. The summed E-state index contributed by atoms with van der Waals surface area (Å²) in [4.78, 5) is 59.1. The first kappa shape index (κ1) is 92.9. The van der Waals surface area contributed by atoms with Crippen molar-refractivity contribution in [3.63, 3.8) is 0 Å². The van der Waals surface area contributed by atoms with E-state index in [1.807, 2.05) is 31.7 Å². The normalized spacial score (nSPS) is 12.5. The molecule has 0 unspecified atom stereocenters. The monoisotopic (exact) mass is 1980 g/mol. The Kier molecular flexibility index (Phi) is 30.7. The van der Waals surface area contributed by atoms with Gasteiger partial charge in [-0.25, -0.2) is 29.6 Å². The number of carboxylic acids is 4. The number of thioether (sulfide) groups is 4. The number of rotatable bonds is 29. The smallest absolute Gasteiger partial charge is 0.313 e. The summed E-state index contributed by atoms with van der Waals surface area (Å²) in [6, 6.07) is 45.9. The number of benzene rings is 9. The Balaban J connectivity index is 0.000000161. The minimum atomic E-state index is -3.96. The fourth-order valence-electron chi connectivity index (χ4n) is 11.9. The van der Waals surface area contributed by atoms with Crippen molar-refractivity contribution >= 4 is 236 Å². The summed E-state index contributed by atoms with van der Waals surface area (Å²) < 4.78 is 143. The number of sulfonamides is 3. The summed E-state index contributed by atoms with van der Waals surface area (Å²) in [5.41, 5.74) is 2.16. The van der Waals surface area contributed by atoms with Gasteiger partial charge in [0.1, 0.15) is 32.5 Å². The van der Waals surface area contributed by atoms with Crippen molar-refractivity contribution in [2.24, 2.45) is 0 Å². The molecule has 0 aliphatic carbocycles. The lowest BCUT2D eigenvalue weighted by Gasteiger charge is -2.35. The molecule has 0 atom stereocenters. The van der Waals surface area contributed by atoms with E-state index >= 15 is 0 Å². The third-order valence-corrected chi connectivity index (χ3v) is 29.7. The number of nitrogens with zero attached hydrogens (tertiary/aromatic N) is 5. The molecule has 5 heterocycles. The molecule has 9 aromatic carbocycles. The maximum atomic E-state index is 14.1. The average molecular weight is 1980 g/mol. The summed E-state index contributed by atoms with van der Waals surface area (Å²) in [6.07, 6.45) is 4.22. The average Bonchev–Trinajstić information content (AvgIpc) is 1.70. The summed E-state index contributed by atoms with van der Waals surface area (Å²) >= 11 is 11.2. The molecule has 1 aliphatic rings. The molecule has 0 amide bonds. The Morgan fingerprint density at radius 3 is 1.38 bits per heavy atom. The van der Waals surface area contributed by atoms with Gasteiger partial charge in [0.15, 0.2) is 23.1 Å². The van der Waals surface area contributed by atoms with Crippen LogP contribution in [0.5, 0.6) is 34.5 Å². The van der Waals surface area contributed by atoms with Gasteiger partial charge < -0.3 is 55.2 Å². The molecule has 0 radical (unpaired) electrons. The van der Waals surface area contributed by atoms with Gasteiger partial charge in [0, 0.05) is 97.1 Å². The van der Waals surface area contributed by atoms with E-state index < -0.39 is 70.0 Å². The number of phenolic OH excluding ortho intramolecular Hbond substituents is 4. The van der Waals surface area contributed by atoms with Crippen LogP contribution in [0.25, 0.3) is 53.6 Å². The van der Waals surface area contributed by atoms with E-state index in [4.69, 9.17) is 29.9 Å². The molecule has 644 valence electrons. The van der Waals surface area contributed by atoms with Crippen LogP contribution in [0.3, 0.4) is 0 Å². The predicted octanol–water partition coefficient (Wildman–Crippen LogP) is 16.0. The minimum Gasteiger partial charge on any atom is -0.506 e. The Labute approximate surface area is 740 Å². The molecular weight excluding hydrogens is 1910 g/mol. The molecule has 0 bridgehead atoms. The number of fused-ring (bicyclic) bond motifs is 5. The van der Waals surface area contributed by atoms with Crippen LogP contribution in [-0.4, -0.2) is 180 Å². The van der Waals surface area contributed by atoms with Crippen molar-refractivity contribution in [1.82, 2.24) is 19.3 Å². The molecule has 1 saturated heterocycles. The van der Waals surface area contributed by atoms with Crippen LogP contribution in [-0.2, 0) is 59.5 Å². The van der Waals surface area contributed by atoms with Crippen molar-refractivity contribution in [1.29, 1.82) is 0 Å². The van der Waals surface area contributed by atoms with Gasteiger partial charge in [-0.2, -0.15) is 12.7 Å². The van der Waals surface area contributed by atoms with Crippen LogP contribution in [0.15, 0.2) is 237 Å². The zero-order valence-electron chi connectivity index (χ0n) is 64.3. The van der Waals surface area contributed by atoms with E-state index in [0.29, 0.717) is 52.4 Å². The number of ether oxygens (including phenoxy) is 2. The lowest BCUT2D eigenvalue weighted by Crippen LogP contribution is -2.50. The topological polar surface area (TPSA) is 478 Å². The van der Waals surface area contributed by atoms with Crippen molar-refractivity contribution in [3.8, 4) is 34.5 Å². The largest absolute Gasteiger partial charge is 0.506 e. The van der Waals surface area contributed by atoms with E-state index in [0.717, 1.165) is 83.1 Å². The minimum absolute atomic E-state index is 0.0580. The van der Waals surface area contributed by atoms with Crippen LogP contribution in [0.2, 0.25) is 0 Å². The van der Waals surface area contributed by atoms with Gasteiger partial charge >= 0.3 is 34.1 Å². The number of phenols is 4. The number of aliphatic carboxylic acids is 4. The first-order valence-corrected chi connectivity index (χ1v) is 48.3. The SMILES string of the molecule is CC(C)Oc1cc(N2CCN(S(=O)(=O)Nc3cc(SCC(=O)O)c(O)c4ccccc34)CC2)ccc1F.CCOc1ccc2sc(S(=O)(=O)Nc3cc(SCC(=O)O)c(O)c4ncccc34)cc2c1.O=C(O)CSc1cc(NS(=O)(=O)c2ccc(Br)cc2)c2cccnc2c1O.O=C(O)CSc1cc(NS(=O)(=O)c2ccc(Br)cc2)c2ncccc2c1O. The highest BCUT2D eigenvalue weighted by atomic mass is 79.9. The van der Waals surface area contributed by atoms with Crippen molar-refractivity contribution in [2.45, 2.75) is 60.5 Å². The van der Waals surface area contributed by atoms with Gasteiger partial charge in [0.2, 0.25) is 0 Å². The summed E-state index contributed by atoms with van der Waals surface area (Å²) in [6.45, 7) is 7.19. The molecule has 31 nitrogen and oxygen atoms in total. The number of piperazine rings is 1. The third kappa shape index (κ3) is 23.7. The standard InChI is InChI=1S/C25H28FN3O6S2.C21H18N2O6S3.2C17H13BrN2O5S2/c1-16(2)35-22-13-17(7-8-20(22)26)28-9-11-29(12-10-28)37(33,34)27-21-14-23(36-15-24(30)31)25(32)19-6-4-3-5-18(19)21;1-2-29-13-5-6-16-12(8-13)9-19(31-16)32(27,28)23-15-10-17(30-11-18(24)25)21(26)20-14(15)4-3-7-22-20;18-10-3-5-11(6-4-10)27(24,25)20-13-8-14(26-9-15(21)22)17(23)12-2-1-7-19-16(12)13;18-10-3-5-11(6-4-10)27(24,25)20-13-8-14(26-9-15(21)22)17(23)16-12(13)2-1-7-19-16/h3-8,13-14,16,27,32H,9-12,15H2,1-2H3,(H,30,31);3-10,23,26H,2,11H2,1H3,(H,24,25);2*1-8,20,23H,9H2,(H,21,22). The highest BCUT2D eigenvalue weighted by Gasteiger charge is 2.31. The summed E-state index contributed by atoms with van der Waals surface area (Å²) in [5.74, 6) is -5.64. The molecule has 13 aromatic rings. The van der Waals surface area contributed by atoms with Crippen LogP contribution >= 0.6 is 90.2 Å². The number of halogens is 3. The number of aromatic hydroxyl groups is 4. The molecular formula is C80H72Br2FN9O22S9. The van der Waals surface area contributed by atoms with Crippen LogP contribution in [0.4, 0.5) is 32.8 Å². The second kappa shape index (κ2) is 40.7. The van der Waals surface area contributed by atoms with Gasteiger partial charge in [-0.1, -0.05) is 56.1 Å². The number of anilines is 5. The molecule has 0 spiro atoms. The number of aromatic nitrogens is 3. The molecule has 0 saturated carbocycles. The molecule has 12 N–H and O–H groups in total. The van der Waals surface area contributed by atoms with Gasteiger partial charge in [-0.3, -0.25) is 53.0 Å². The molecule has 123 heavy (non-hydrogen) atoms. The molecule has 14 rings (SSSR count). The van der Waals surface area contributed by atoms with Crippen LogP contribution < -0.4 is 33.3 Å². The first-order chi connectivity index (χ1) is 58.4. The Morgan fingerprint density at radius 1 is 0.480 bits per heavy atom. The fourth-order valence-corrected chi connectivity index (χ4v) is 21.1. The quantitative estimate of drug-likeness (QED) is 0.0153. The zero-order chi connectivity index (χ0) is 88.8. The van der Waals surface area contributed by atoms with Gasteiger partial charge in [0.05, 0.1) is 93.4 Å². The van der Waals surface area contributed by atoms with E-state index in [1.165, 1.54) is 77.5 Å². The third-order valence-electron chi connectivity index (χ3n) is 17.4.